The van der Waals surface area contributed by atoms with Crippen molar-refractivity contribution in [2.45, 2.75) is 19.9 Å². The Bertz CT molecular complexity index is 579. The molecular weight excluding hydrogens is 435 g/mol. The zero-order valence-electron chi connectivity index (χ0n) is 15.8. The Labute approximate surface area is 167 Å². The molecule has 1 amide bonds. The number of hydrogen-bond acceptors (Lipinski definition) is 4. The minimum atomic E-state index is -0.0812. The fourth-order valence-electron chi connectivity index (χ4n) is 2.07. The number of amides is 1. The van der Waals surface area contributed by atoms with Crippen LogP contribution in [0.4, 0.5) is 0 Å². The van der Waals surface area contributed by atoms with Crippen molar-refractivity contribution in [2.75, 3.05) is 41.4 Å². The molecule has 0 saturated carbocycles. The van der Waals surface area contributed by atoms with Gasteiger partial charge in [-0.2, -0.15) is 0 Å². The normalized spacial score (nSPS) is 11.8. The third-order valence-electron chi connectivity index (χ3n) is 3.47. The second-order valence-electron chi connectivity index (χ2n) is 5.46. The first kappa shape index (κ1) is 23.3. The third kappa shape index (κ3) is 7.37. The summed E-state index contributed by atoms with van der Waals surface area (Å²) in [7, 11) is 6.68. The molecule has 7 nitrogen and oxygen atoms in total. The number of ether oxygens (including phenoxy) is 2. The fraction of sp³-hybridized carbons (Fsp3) is 0.529. The lowest BCUT2D eigenvalue weighted by Crippen LogP contribution is -2.39. The summed E-state index contributed by atoms with van der Waals surface area (Å²) in [6.07, 6.45) is 0. The number of halogens is 1. The van der Waals surface area contributed by atoms with Crippen molar-refractivity contribution in [2.24, 2.45) is 4.99 Å². The van der Waals surface area contributed by atoms with Crippen LogP contribution in [0.5, 0.6) is 11.5 Å². The lowest BCUT2D eigenvalue weighted by Gasteiger charge is -2.21. The smallest absolute Gasteiger partial charge is 0.243 e. The quantitative estimate of drug-likeness (QED) is 0.367. The lowest BCUT2D eigenvalue weighted by atomic mass is 10.1. The van der Waals surface area contributed by atoms with Crippen LogP contribution >= 0.6 is 24.0 Å². The molecule has 0 fully saturated rings. The topological polar surface area (TPSA) is 75.2 Å². The molecule has 2 N–H and O–H groups in total. The maximum absolute atomic E-state index is 11.7. The van der Waals surface area contributed by atoms with Crippen molar-refractivity contribution in [1.29, 1.82) is 0 Å². The highest BCUT2D eigenvalue weighted by molar-refractivity contribution is 14.0. The van der Waals surface area contributed by atoms with Crippen LogP contribution in [0.15, 0.2) is 23.2 Å². The summed E-state index contributed by atoms with van der Waals surface area (Å²) >= 11 is 0. The van der Waals surface area contributed by atoms with E-state index in [0.29, 0.717) is 12.5 Å². The highest BCUT2D eigenvalue weighted by Crippen LogP contribution is 2.29. The van der Waals surface area contributed by atoms with Crippen LogP contribution in [-0.2, 0) is 4.79 Å². The Hall–Kier alpha value is -1.71. The minimum Gasteiger partial charge on any atom is -0.497 e. The Balaban J connectivity index is 0.00000576. The van der Waals surface area contributed by atoms with Crippen LogP contribution in [0.3, 0.4) is 0 Å². The molecule has 25 heavy (non-hydrogen) atoms. The molecule has 142 valence electrons. The average Bonchev–Trinajstić information content (AvgIpc) is 2.58. The highest BCUT2D eigenvalue weighted by Gasteiger charge is 2.14. The summed E-state index contributed by atoms with van der Waals surface area (Å²) < 4.78 is 10.7. The van der Waals surface area contributed by atoms with E-state index in [1.807, 2.05) is 32.0 Å². The van der Waals surface area contributed by atoms with Crippen LogP contribution in [0.25, 0.3) is 0 Å². The molecule has 1 unspecified atom stereocenters. The molecule has 0 aliphatic carbocycles. The van der Waals surface area contributed by atoms with Gasteiger partial charge in [0.15, 0.2) is 5.96 Å². The Morgan fingerprint density at radius 2 is 1.96 bits per heavy atom. The van der Waals surface area contributed by atoms with Gasteiger partial charge in [0, 0.05) is 26.2 Å². The molecule has 0 aliphatic rings. The predicted molar refractivity (Wildman–Crippen MR) is 111 cm³/mol. The number of nitrogens with zero attached hydrogens (tertiary/aromatic N) is 2. The Morgan fingerprint density at radius 3 is 2.48 bits per heavy atom. The number of hydrogen-bond donors (Lipinski definition) is 2. The second kappa shape index (κ2) is 11.8. The average molecular weight is 464 g/mol. The largest absolute Gasteiger partial charge is 0.497 e. The monoisotopic (exact) mass is 464 g/mol. The molecule has 0 aromatic heterocycles. The van der Waals surface area contributed by atoms with Crippen LogP contribution < -0.4 is 20.1 Å². The van der Waals surface area contributed by atoms with E-state index in [-0.39, 0.29) is 42.5 Å². The summed E-state index contributed by atoms with van der Waals surface area (Å²) in [6, 6.07) is 5.56. The molecule has 0 aliphatic heterocycles. The number of guanidine groups is 1. The number of carbonyl (C=O) groups is 1. The van der Waals surface area contributed by atoms with Gasteiger partial charge < -0.3 is 25.0 Å². The van der Waals surface area contributed by atoms with Gasteiger partial charge in [-0.25, -0.2) is 4.99 Å². The summed E-state index contributed by atoms with van der Waals surface area (Å²) in [6.45, 7) is 4.76. The molecule has 0 saturated heterocycles. The molecule has 1 aromatic carbocycles. The number of aliphatic imine (C=N–C) groups is 1. The standard InChI is InChI=1S/C17H28N4O3.HI/c1-7-18-17(19-11-16(22)21(3)4)20-12(2)14-10-13(23-5)8-9-15(14)24-6;/h8-10,12H,7,11H2,1-6H3,(H2,18,19,20);1H. The fourth-order valence-corrected chi connectivity index (χ4v) is 2.07. The zero-order chi connectivity index (χ0) is 18.1. The van der Waals surface area contributed by atoms with Gasteiger partial charge in [-0.15, -0.1) is 24.0 Å². The van der Waals surface area contributed by atoms with Gasteiger partial charge in [0.1, 0.15) is 18.0 Å². The van der Waals surface area contributed by atoms with Crippen molar-refractivity contribution in [3.05, 3.63) is 23.8 Å². The number of rotatable bonds is 7. The van der Waals surface area contributed by atoms with E-state index in [2.05, 4.69) is 15.6 Å². The highest BCUT2D eigenvalue weighted by atomic mass is 127. The SMILES string of the molecule is CCNC(=NCC(=O)N(C)C)NC(C)c1cc(OC)ccc1OC.I. The van der Waals surface area contributed by atoms with Crippen LogP contribution in [0.2, 0.25) is 0 Å². The van der Waals surface area contributed by atoms with Gasteiger partial charge in [0.25, 0.3) is 0 Å². The first-order valence-corrected chi connectivity index (χ1v) is 7.89. The molecule has 8 heteroatoms. The molecule has 0 heterocycles. The summed E-state index contributed by atoms with van der Waals surface area (Å²) in [4.78, 5) is 17.6. The number of methoxy groups -OCH3 is 2. The first-order valence-electron chi connectivity index (χ1n) is 7.89. The summed E-state index contributed by atoms with van der Waals surface area (Å²) in [5.74, 6) is 2.03. The third-order valence-corrected chi connectivity index (χ3v) is 3.47. The second-order valence-corrected chi connectivity index (χ2v) is 5.46. The van der Waals surface area contributed by atoms with Crippen LogP contribution in [0, 0.1) is 0 Å². The molecule has 1 atom stereocenters. The summed E-state index contributed by atoms with van der Waals surface area (Å²) in [5.41, 5.74) is 0.946. The maximum atomic E-state index is 11.7. The van der Waals surface area contributed by atoms with Gasteiger partial charge in [-0.1, -0.05) is 0 Å². The molecule has 1 aromatic rings. The number of nitrogens with one attached hydrogen (secondary N) is 2. The molecule has 0 spiro atoms. The van der Waals surface area contributed by atoms with E-state index in [1.165, 1.54) is 4.90 Å². The Morgan fingerprint density at radius 1 is 1.28 bits per heavy atom. The Kier molecular flexibility index (Phi) is 11.0. The van der Waals surface area contributed by atoms with Crippen molar-refractivity contribution < 1.29 is 14.3 Å². The van der Waals surface area contributed by atoms with Gasteiger partial charge in [-0.05, 0) is 32.0 Å². The maximum Gasteiger partial charge on any atom is 0.243 e. The zero-order valence-corrected chi connectivity index (χ0v) is 18.1. The van der Waals surface area contributed by atoms with Gasteiger partial charge in [-0.3, -0.25) is 4.79 Å². The van der Waals surface area contributed by atoms with Crippen LogP contribution in [-0.4, -0.2) is 58.2 Å². The number of likely N-dealkylation sites (N-methyl/N-ethyl adjacent to an activating group) is 1. The van der Waals surface area contributed by atoms with E-state index in [1.54, 1.807) is 28.3 Å². The summed E-state index contributed by atoms with van der Waals surface area (Å²) in [5, 5.41) is 6.43. The van der Waals surface area contributed by atoms with E-state index < -0.39 is 0 Å². The molecule has 1 rings (SSSR count). The molecule has 0 bridgehead atoms. The number of carbonyl (C=O) groups excluding carboxylic acids is 1. The van der Waals surface area contributed by atoms with Gasteiger partial charge >= 0.3 is 0 Å². The van der Waals surface area contributed by atoms with Crippen molar-refractivity contribution in [3.63, 3.8) is 0 Å². The van der Waals surface area contributed by atoms with E-state index in [4.69, 9.17) is 9.47 Å². The minimum absolute atomic E-state index is 0. The van der Waals surface area contributed by atoms with E-state index in [0.717, 1.165) is 17.1 Å². The number of benzene rings is 1. The van der Waals surface area contributed by atoms with Gasteiger partial charge in [0.05, 0.1) is 20.3 Å². The van der Waals surface area contributed by atoms with Crippen molar-refractivity contribution in [1.82, 2.24) is 15.5 Å². The first-order chi connectivity index (χ1) is 11.4. The van der Waals surface area contributed by atoms with Gasteiger partial charge in [0.2, 0.25) is 5.91 Å². The van der Waals surface area contributed by atoms with Crippen LogP contribution in [0.1, 0.15) is 25.5 Å². The van der Waals surface area contributed by atoms with Crippen molar-refractivity contribution >= 4 is 35.8 Å². The molecular formula is C17H29IN4O3. The molecule has 0 radical (unpaired) electrons. The predicted octanol–water partition coefficient (Wildman–Crippen LogP) is 2.03. The lowest BCUT2D eigenvalue weighted by molar-refractivity contribution is -0.127. The van der Waals surface area contributed by atoms with Crippen molar-refractivity contribution in [3.8, 4) is 11.5 Å². The van der Waals surface area contributed by atoms with E-state index >= 15 is 0 Å². The van der Waals surface area contributed by atoms with E-state index in [9.17, 15) is 4.79 Å².